The fourth-order valence-electron chi connectivity index (χ4n) is 3.02. The Morgan fingerprint density at radius 1 is 1.35 bits per heavy atom. The highest BCUT2D eigenvalue weighted by Gasteiger charge is 2.35. The summed E-state index contributed by atoms with van der Waals surface area (Å²) >= 11 is 5.88. The summed E-state index contributed by atoms with van der Waals surface area (Å²) in [7, 11) is 0. The van der Waals surface area contributed by atoms with Gasteiger partial charge in [0.1, 0.15) is 0 Å². The Hall–Kier alpha value is -2.94. The molecular weight excluding hydrogens is 431 g/mol. The lowest BCUT2D eigenvalue weighted by atomic mass is 10.1. The molecule has 1 amide bonds. The molecule has 1 heterocycles. The minimum Gasteiger partial charge on any atom is -0.390 e. The van der Waals surface area contributed by atoms with Crippen LogP contribution < -0.4 is 5.73 Å². The van der Waals surface area contributed by atoms with E-state index in [-0.39, 0.29) is 22.3 Å². The molecule has 1 aliphatic rings. The van der Waals surface area contributed by atoms with Crippen LogP contribution in [0.15, 0.2) is 52.6 Å². The molecule has 164 valence electrons. The highest BCUT2D eigenvalue weighted by atomic mass is 35.5. The van der Waals surface area contributed by atoms with Gasteiger partial charge in [-0.2, -0.15) is 13.2 Å². The van der Waals surface area contributed by atoms with Crippen LogP contribution in [0.3, 0.4) is 0 Å². The van der Waals surface area contributed by atoms with Crippen molar-refractivity contribution in [3.8, 4) is 0 Å². The van der Waals surface area contributed by atoms with Crippen molar-refractivity contribution < 1.29 is 18.0 Å². The van der Waals surface area contributed by atoms with E-state index in [0.29, 0.717) is 12.4 Å². The molecule has 2 N–H and O–H groups in total. The second-order valence-corrected chi connectivity index (χ2v) is 7.68. The topological polar surface area (TPSA) is 83.9 Å². The van der Waals surface area contributed by atoms with E-state index < -0.39 is 23.7 Å². The SMILES string of the molecule is CC(C(N=CN)=Nc1ccccn1)N(CC1CC1)C(=O)c1cc(Cl)cc(C(F)(F)F)c1. The number of carbonyl (C=O) groups is 1. The van der Waals surface area contributed by atoms with E-state index in [4.69, 9.17) is 17.3 Å². The summed E-state index contributed by atoms with van der Waals surface area (Å²) in [6, 6.07) is 7.31. The van der Waals surface area contributed by atoms with Crippen molar-refractivity contribution in [2.45, 2.75) is 32.0 Å². The maximum absolute atomic E-state index is 13.3. The van der Waals surface area contributed by atoms with E-state index in [1.807, 2.05) is 0 Å². The Labute approximate surface area is 182 Å². The van der Waals surface area contributed by atoms with Crippen LogP contribution in [0.5, 0.6) is 0 Å². The van der Waals surface area contributed by atoms with Gasteiger partial charge in [-0.1, -0.05) is 17.7 Å². The predicted molar refractivity (Wildman–Crippen MR) is 114 cm³/mol. The quantitative estimate of drug-likeness (QED) is 0.510. The number of nitrogens with two attached hydrogens (primary N) is 1. The maximum atomic E-state index is 13.3. The lowest BCUT2D eigenvalue weighted by Gasteiger charge is -2.29. The molecule has 1 saturated carbocycles. The van der Waals surface area contributed by atoms with Gasteiger partial charge in [0.2, 0.25) is 0 Å². The number of amidine groups is 1. The highest BCUT2D eigenvalue weighted by molar-refractivity contribution is 6.31. The third kappa shape index (κ3) is 6.04. The lowest BCUT2D eigenvalue weighted by molar-refractivity contribution is -0.137. The van der Waals surface area contributed by atoms with Crippen molar-refractivity contribution in [1.82, 2.24) is 9.88 Å². The molecule has 0 spiro atoms. The molecule has 1 atom stereocenters. The van der Waals surface area contributed by atoms with E-state index in [1.54, 1.807) is 31.3 Å². The number of pyridine rings is 1. The fourth-order valence-corrected chi connectivity index (χ4v) is 3.26. The summed E-state index contributed by atoms with van der Waals surface area (Å²) in [5.74, 6) is 0.267. The van der Waals surface area contributed by atoms with Crippen LogP contribution >= 0.6 is 11.6 Å². The number of benzene rings is 1. The molecule has 1 aliphatic carbocycles. The van der Waals surface area contributed by atoms with Gasteiger partial charge in [0.05, 0.1) is 17.9 Å². The molecule has 3 rings (SSSR count). The van der Waals surface area contributed by atoms with Crippen molar-refractivity contribution in [3.05, 3.63) is 58.7 Å². The van der Waals surface area contributed by atoms with Crippen LogP contribution in [0, 0.1) is 5.92 Å². The number of nitrogens with zero attached hydrogens (tertiary/aromatic N) is 4. The zero-order valence-corrected chi connectivity index (χ0v) is 17.4. The standard InChI is InChI=1S/C21H21ClF3N5O/c1-13(19(28-12-26)29-18-4-2-3-7-27-18)30(11-14-5-6-14)20(31)15-8-16(21(23,24)25)10-17(22)9-15/h2-4,7-10,12-14H,5-6,11H2,1H3,(H2,26,27,28,29). The smallest absolute Gasteiger partial charge is 0.390 e. The van der Waals surface area contributed by atoms with Gasteiger partial charge in [-0.25, -0.2) is 15.0 Å². The summed E-state index contributed by atoms with van der Waals surface area (Å²) in [5.41, 5.74) is 4.34. The first kappa shape index (κ1) is 22.7. The Bertz CT molecular complexity index is 990. The second kappa shape index (κ2) is 9.47. The largest absolute Gasteiger partial charge is 0.416 e. The molecule has 0 radical (unpaired) electrons. The summed E-state index contributed by atoms with van der Waals surface area (Å²) in [5, 5.41) is -0.167. The average molecular weight is 452 g/mol. The molecule has 10 heteroatoms. The van der Waals surface area contributed by atoms with Crippen molar-refractivity contribution >= 4 is 35.5 Å². The number of hydrogen-bond acceptors (Lipinski definition) is 3. The van der Waals surface area contributed by atoms with Crippen molar-refractivity contribution in [1.29, 1.82) is 0 Å². The maximum Gasteiger partial charge on any atom is 0.416 e. The Morgan fingerprint density at radius 3 is 2.68 bits per heavy atom. The number of halogens is 4. The Morgan fingerprint density at radius 2 is 2.10 bits per heavy atom. The van der Waals surface area contributed by atoms with Gasteiger partial charge in [0.25, 0.3) is 5.91 Å². The molecule has 2 aromatic rings. The van der Waals surface area contributed by atoms with Gasteiger partial charge < -0.3 is 10.6 Å². The van der Waals surface area contributed by atoms with E-state index in [2.05, 4.69) is 15.0 Å². The normalized spacial score (nSPS) is 15.8. The molecule has 31 heavy (non-hydrogen) atoms. The number of rotatable bonds is 6. The lowest BCUT2D eigenvalue weighted by Crippen LogP contribution is -2.44. The molecule has 0 aliphatic heterocycles. The minimum atomic E-state index is -4.62. The van der Waals surface area contributed by atoms with Gasteiger partial charge >= 0.3 is 6.18 Å². The third-order valence-electron chi connectivity index (χ3n) is 4.81. The predicted octanol–water partition coefficient (Wildman–Crippen LogP) is 4.71. The molecule has 1 fully saturated rings. The van der Waals surface area contributed by atoms with Gasteiger partial charge in [-0.15, -0.1) is 0 Å². The highest BCUT2D eigenvalue weighted by Crippen LogP contribution is 2.34. The van der Waals surface area contributed by atoms with Crippen LogP contribution in [-0.2, 0) is 6.18 Å². The van der Waals surface area contributed by atoms with E-state index in [0.717, 1.165) is 31.3 Å². The summed E-state index contributed by atoms with van der Waals surface area (Å²) in [4.78, 5) is 27.3. The van der Waals surface area contributed by atoms with Crippen LogP contribution in [-0.4, -0.2) is 40.6 Å². The van der Waals surface area contributed by atoms with Gasteiger partial charge in [-0.05, 0) is 56.0 Å². The molecule has 1 aromatic carbocycles. The van der Waals surface area contributed by atoms with Crippen LogP contribution in [0.2, 0.25) is 5.02 Å². The molecule has 1 aromatic heterocycles. The molecule has 0 saturated heterocycles. The van der Waals surface area contributed by atoms with E-state index in [9.17, 15) is 18.0 Å². The van der Waals surface area contributed by atoms with Crippen molar-refractivity contribution in [3.63, 3.8) is 0 Å². The minimum absolute atomic E-state index is 0.152. The molecule has 0 bridgehead atoms. The second-order valence-electron chi connectivity index (χ2n) is 7.24. The van der Waals surface area contributed by atoms with Gasteiger partial charge in [-0.3, -0.25) is 4.79 Å². The van der Waals surface area contributed by atoms with Crippen LogP contribution in [0.25, 0.3) is 0 Å². The summed E-state index contributed by atoms with van der Waals surface area (Å²) in [6.45, 7) is 2.06. The van der Waals surface area contributed by atoms with Gasteiger partial charge in [0.15, 0.2) is 11.7 Å². The van der Waals surface area contributed by atoms with E-state index in [1.165, 1.54) is 11.0 Å². The van der Waals surface area contributed by atoms with Crippen molar-refractivity contribution in [2.24, 2.45) is 21.6 Å². The first-order valence-electron chi connectivity index (χ1n) is 9.61. The summed E-state index contributed by atoms with van der Waals surface area (Å²) in [6.07, 6.45) is -0.133. The van der Waals surface area contributed by atoms with Crippen LogP contribution in [0.4, 0.5) is 19.0 Å². The number of aromatic nitrogens is 1. The summed E-state index contributed by atoms with van der Waals surface area (Å²) < 4.78 is 39.7. The zero-order valence-electron chi connectivity index (χ0n) is 16.7. The van der Waals surface area contributed by atoms with Gasteiger partial charge in [0, 0.05) is 23.3 Å². The Balaban J connectivity index is 1.98. The average Bonchev–Trinajstić information content (AvgIpc) is 3.55. The first-order valence-corrected chi connectivity index (χ1v) is 9.99. The van der Waals surface area contributed by atoms with Crippen molar-refractivity contribution in [2.75, 3.05) is 6.54 Å². The number of alkyl halides is 3. The fraction of sp³-hybridized carbons (Fsp3) is 0.333. The molecule has 1 unspecified atom stereocenters. The zero-order chi connectivity index (χ0) is 22.6. The van der Waals surface area contributed by atoms with E-state index >= 15 is 0 Å². The van der Waals surface area contributed by atoms with Crippen LogP contribution in [0.1, 0.15) is 35.7 Å². The number of carbonyl (C=O) groups excluding carboxylic acids is 1. The number of amides is 1. The number of aliphatic imine (C=N–C) groups is 2. The Kier molecular flexibility index (Phi) is 6.94. The molecular formula is C21H21ClF3N5O. The monoisotopic (exact) mass is 451 g/mol. The molecule has 6 nitrogen and oxygen atoms in total. The third-order valence-corrected chi connectivity index (χ3v) is 5.03. The first-order chi connectivity index (χ1) is 14.7. The number of hydrogen-bond donors (Lipinski definition) is 1.